The Morgan fingerprint density at radius 3 is 2.89 bits per heavy atom. The molecule has 3 amide bonds. The normalized spacial score (nSPS) is 15.3. The van der Waals surface area contributed by atoms with Crippen molar-refractivity contribution in [1.82, 2.24) is 25.3 Å². The van der Waals surface area contributed by atoms with E-state index in [0.717, 1.165) is 12.1 Å². The Balaban J connectivity index is 1.65. The summed E-state index contributed by atoms with van der Waals surface area (Å²) in [6.07, 6.45) is 0. The molecule has 0 unspecified atom stereocenters. The van der Waals surface area contributed by atoms with Gasteiger partial charge in [-0.1, -0.05) is 17.3 Å². The van der Waals surface area contributed by atoms with E-state index >= 15 is 0 Å². The number of nitrogens with one attached hydrogen (secondary N) is 2. The minimum absolute atomic E-state index is 0.0504. The van der Waals surface area contributed by atoms with Crippen LogP contribution in [0.15, 0.2) is 28.8 Å². The van der Waals surface area contributed by atoms with Gasteiger partial charge in [0, 0.05) is 37.4 Å². The van der Waals surface area contributed by atoms with Crippen LogP contribution < -0.4 is 10.6 Å². The molecule has 1 fully saturated rings. The summed E-state index contributed by atoms with van der Waals surface area (Å²) in [5, 5.41) is 9.57. The Hall–Kier alpha value is -2.94. The Morgan fingerprint density at radius 1 is 1.33 bits per heavy atom. The molecule has 9 heteroatoms. The van der Waals surface area contributed by atoms with E-state index in [1.54, 1.807) is 24.1 Å². The Bertz CT molecular complexity index is 819. The molecular formula is C18H24N6O3. The molecule has 1 aliphatic rings. The van der Waals surface area contributed by atoms with Crippen molar-refractivity contribution in [3.8, 4) is 11.4 Å². The van der Waals surface area contributed by atoms with Gasteiger partial charge in [0.25, 0.3) is 0 Å². The van der Waals surface area contributed by atoms with Crippen molar-refractivity contribution >= 4 is 17.6 Å². The Labute approximate surface area is 157 Å². The lowest BCUT2D eigenvalue weighted by atomic mass is 10.2. The lowest BCUT2D eigenvalue weighted by molar-refractivity contribution is -0.134. The Morgan fingerprint density at radius 2 is 2.15 bits per heavy atom. The zero-order valence-electron chi connectivity index (χ0n) is 15.7. The quantitative estimate of drug-likeness (QED) is 0.825. The zero-order chi connectivity index (χ0) is 19.4. The summed E-state index contributed by atoms with van der Waals surface area (Å²) < 4.78 is 5.33. The second-order valence-electron chi connectivity index (χ2n) is 6.87. The largest absolute Gasteiger partial charge is 0.343 e. The van der Waals surface area contributed by atoms with Crippen LogP contribution in [0.3, 0.4) is 0 Å². The zero-order valence-corrected chi connectivity index (χ0v) is 15.7. The molecule has 1 aliphatic heterocycles. The number of rotatable bonds is 5. The molecule has 2 aromatic rings. The molecule has 2 N–H and O–H groups in total. The Kier molecular flexibility index (Phi) is 5.70. The fourth-order valence-corrected chi connectivity index (χ4v) is 2.74. The van der Waals surface area contributed by atoms with Gasteiger partial charge >= 0.3 is 6.03 Å². The highest BCUT2D eigenvalue weighted by Crippen LogP contribution is 2.20. The number of amides is 3. The third-order valence-corrected chi connectivity index (χ3v) is 4.16. The summed E-state index contributed by atoms with van der Waals surface area (Å²) in [6.45, 7) is 6.02. The standard InChI is InChI=1S/C18H24N6O3/c1-12(2)19-18(26)20-14-6-4-5-13(9-14)17-21-15(27-22-17)10-24-8-7-23(3)16(25)11-24/h4-6,9,12H,7-8,10-11H2,1-3H3,(H2,19,20,26). The van der Waals surface area contributed by atoms with Crippen LogP contribution in [-0.2, 0) is 11.3 Å². The van der Waals surface area contributed by atoms with Crippen LogP contribution in [0, 0.1) is 0 Å². The smallest absolute Gasteiger partial charge is 0.319 e. The molecule has 0 radical (unpaired) electrons. The van der Waals surface area contributed by atoms with Crippen molar-refractivity contribution in [2.24, 2.45) is 0 Å². The number of likely N-dealkylation sites (N-methyl/N-ethyl adjacent to an activating group) is 1. The highest BCUT2D eigenvalue weighted by Gasteiger charge is 2.22. The lowest BCUT2D eigenvalue weighted by Gasteiger charge is -2.30. The summed E-state index contributed by atoms with van der Waals surface area (Å²) in [6, 6.07) is 7.02. The number of aromatic nitrogens is 2. The van der Waals surface area contributed by atoms with Crippen molar-refractivity contribution in [3.05, 3.63) is 30.2 Å². The van der Waals surface area contributed by atoms with Crippen LogP contribution in [0.5, 0.6) is 0 Å². The summed E-state index contributed by atoms with van der Waals surface area (Å²) in [7, 11) is 1.80. The van der Waals surface area contributed by atoms with Gasteiger partial charge in [-0.15, -0.1) is 0 Å². The summed E-state index contributed by atoms with van der Waals surface area (Å²) >= 11 is 0. The number of hydrogen-bond donors (Lipinski definition) is 2. The molecule has 144 valence electrons. The average molecular weight is 372 g/mol. The number of piperazine rings is 1. The van der Waals surface area contributed by atoms with Gasteiger partial charge in [-0.3, -0.25) is 9.69 Å². The second-order valence-corrected chi connectivity index (χ2v) is 6.87. The molecule has 0 atom stereocenters. The maximum atomic E-state index is 11.8. The van der Waals surface area contributed by atoms with Crippen LogP contribution >= 0.6 is 0 Å². The molecule has 27 heavy (non-hydrogen) atoms. The topological polar surface area (TPSA) is 104 Å². The maximum absolute atomic E-state index is 11.8. The van der Waals surface area contributed by atoms with Gasteiger partial charge in [0.15, 0.2) is 0 Å². The molecule has 9 nitrogen and oxygen atoms in total. The third-order valence-electron chi connectivity index (χ3n) is 4.16. The number of anilines is 1. The number of hydrogen-bond acceptors (Lipinski definition) is 6. The first-order valence-corrected chi connectivity index (χ1v) is 8.87. The second kappa shape index (κ2) is 8.17. The molecule has 1 aromatic heterocycles. The molecule has 0 saturated carbocycles. The lowest BCUT2D eigenvalue weighted by Crippen LogP contribution is -2.48. The van der Waals surface area contributed by atoms with Crippen LogP contribution in [0.1, 0.15) is 19.7 Å². The van der Waals surface area contributed by atoms with Crippen LogP contribution in [-0.4, -0.2) is 64.6 Å². The van der Waals surface area contributed by atoms with E-state index in [4.69, 9.17) is 4.52 Å². The molecule has 0 bridgehead atoms. The van der Waals surface area contributed by atoms with Crippen molar-refractivity contribution < 1.29 is 14.1 Å². The molecule has 3 rings (SSSR count). The van der Waals surface area contributed by atoms with Gasteiger partial charge in [0.2, 0.25) is 17.6 Å². The summed E-state index contributed by atoms with van der Waals surface area (Å²) in [4.78, 5) is 31.7. The van der Waals surface area contributed by atoms with Crippen molar-refractivity contribution in [1.29, 1.82) is 0 Å². The van der Waals surface area contributed by atoms with E-state index in [2.05, 4.69) is 20.8 Å². The van der Waals surface area contributed by atoms with Crippen LogP contribution in [0.25, 0.3) is 11.4 Å². The van der Waals surface area contributed by atoms with Gasteiger partial charge in [0.05, 0.1) is 13.1 Å². The number of nitrogens with zero attached hydrogens (tertiary/aromatic N) is 4. The monoisotopic (exact) mass is 372 g/mol. The van der Waals surface area contributed by atoms with Crippen molar-refractivity contribution in [3.63, 3.8) is 0 Å². The fourth-order valence-electron chi connectivity index (χ4n) is 2.74. The van der Waals surface area contributed by atoms with E-state index < -0.39 is 0 Å². The minimum atomic E-state index is -0.268. The van der Waals surface area contributed by atoms with E-state index in [1.165, 1.54) is 0 Å². The highest BCUT2D eigenvalue weighted by molar-refractivity contribution is 5.90. The van der Waals surface area contributed by atoms with Crippen molar-refractivity contribution in [2.45, 2.75) is 26.4 Å². The van der Waals surface area contributed by atoms with E-state index in [1.807, 2.05) is 30.9 Å². The summed E-state index contributed by atoms with van der Waals surface area (Å²) in [5.41, 5.74) is 1.38. The van der Waals surface area contributed by atoms with Gasteiger partial charge < -0.3 is 20.1 Å². The van der Waals surface area contributed by atoms with Gasteiger partial charge in [-0.25, -0.2) is 4.79 Å². The predicted molar refractivity (Wildman–Crippen MR) is 99.9 cm³/mol. The SMILES string of the molecule is CC(C)NC(=O)Nc1cccc(-c2noc(CN3CCN(C)C(=O)C3)n2)c1. The molecule has 1 saturated heterocycles. The molecule has 1 aromatic carbocycles. The molecule has 0 spiro atoms. The highest BCUT2D eigenvalue weighted by atomic mass is 16.5. The van der Waals surface area contributed by atoms with Gasteiger partial charge in [-0.2, -0.15) is 4.98 Å². The van der Waals surface area contributed by atoms with Crippen molar-refractivity contribution in [2.75, 3.05) is 32.0 Å². The third kappa shape index (κ3) is 5.04. The number of carbonyl (C=O) groups excluding carboxylic acids is 2. The molecular weight excluding hydrogens is 348 g/mol. The first-order valence-electron chi connectivity index (χ1n) is 8.87. The molecule has 0 aliphatic carbocycles. The predicted octanol–water partition coefficient (Wildman–Crippen LogP) is 1.54. The van der Waals surface area contributed by atoms with Gasteiger partial charge in [-0.05, 0) is 26.0 Å². The molecule has 2 heterocycles. The summed E-state index contributed by atoms with van der Waals surface area (Å²) in [5.74, 6) is 0.982. The van der Waals surface area contributed by atoms with E-state index in [9.17, 15) is 9.59 Å². The maximum Gasteiger partial charge on any atom is 0.319 e. The van der Waals surface area contributed by atoms with E-state index in [0.29, 0.717) is 37.0 Å². The number of carbonyl (C=O) groups is 2. The van der Waals surface area contributed by atoms with E-state index in [-0.39, 0.29) is 18.0 Å². The first-order chi connectivity index (χ1) is 12.9. The average Bonchev–Trinajstić information content (AvgIpc) is 3.06. The van der Waals surface area contributed by atoms with Crippen LogP contribution in [0.2, 0.25) is 0 Å². The van der Waals surface area contributed by atoms with Gasteiger partial charge in [0.1, 0.15) is 0 Å². The van der Waals surface area contributed by atoms with Crippen LogP contribution in [0.4, 0.5) is 10.5 Å². The first kappa shape index (κ1) is 18.8. The number of benzene rings is 1. The number of urea groups is 1. The fraction of sp³-hybridized carbons (Fsp3) is 0.444. The minimum Gasteiger partial charge on any atom is -0.343 e.